The number of anilines is 1. The molecule has 0 aromatic heterocycles. The number of benzene rings is 2. The number of halogens is 1. The van der Waals surface area contributed by atoms with Gasteiger partial charge in [-0.05, 0) is 49.9 Å². The fraction of sp³-hybridized carbons (Fsp3) is 0.250. The number of carbonyl (C=O) groups excluding carboxylic acids is 2. The maximum absolute atomic E-state index is 14.1. The number of dihydropyridines is 1. The summed E-state index contributed by atoms with van der Waals surface area (Å²) >= 11 is 0. The summed E-state index contributed by atoms with van der Waals surface area (Å²) in [6.45, 7) is 3.82. The van der Waals surface area contributed by atoms with Crippen LogP contribution in [0.1, 0.15) is 43.2 Å². The Kier molecular flexibility index (Phi) is 5.05. The van der Waals surface area contributed by atoms with Gasteiger partial charge in [0.1, 0.15) is 5.82 Å². The molecule has 0 fully saturated rings. The number of Topliss-reactive ketones (excluding diaryl/α,β-unsaturated/α-hetero) is 1. The highest BCUT2D eigenvalue weighted by Crippen LogP contribution is 2.43. The number of hydrogen-bond donors (Lipinski definition) is 2. The molecule has 1 aliphatic carbocycles. The van der Waals surface area contributed by atoms with Crippen LogP contribution in [0.15, 0.2) is 71.1 Å². The molecule has 2 aliphatic rings. The number of hydrogen-bond acceptors (Lipinski definition) is 3. The molecule has 0 radical (unpaired) electrons. The van der Waals surface area contributed by atoms with Crippen LogP contribution in [0.3, 0.4) is 0 Å². The van der Waals surface area contributed by atoms with E-state index in [4.69, 9.17) is 0 Å². The molecule has 1 amide bonds. The zero-order valence-corrected chi connectivity index (χ0v) is 16.5. The van der Waals surface area contributed by atoms with E-state index in [-0.39, 0.29) is 11.5 Å². The fourth-order valence-electron chi connectivity index (χ4n) is 4.26. The van der Waals surface area contributed by atoms with Crippen molar-refractivity contribution in [2.75, 3.05) is 5.32 Å². The molecule has 4 nitrogen and oxygen atoms in total. The smallest absolute Gasteiger partial charge is 0.254 e. The van der Waals surface area contributed by atoms with Gasteiger partial charge < -0.3 is 10.6 Å². The highest BCUT2D eigenvalue weighted by Gasteiger charge is 2.39. The van der Waals surface area contributed by atoms with Crippen molar-refractivity contribution in [2.24, 2.45) is 0 Å². The Morgan fingerprint density at radius 2 is 1.79 bits per heavy atom. The molecule has 0 saturated carbocycles. The number of rotatable bonds is 3. The molecule has 1 unspecified atom stereocenters. The Morgan fingerprint density at radius 1 is 1.07 bits per heavy atom. The van der Waals surface area contributed by atoms with E-state index in [2.05, 4.69) is 10.6 Å². The van der Waals surface area contributed by atoms with Crippen LogP contribution in [-0.2, 0) is 9.59 Å². The zero-order valence-electron chi connectivity index (χ0n) is 16.5. The Bertz CT molecular complexity index is 1070. The van der Waals surface area contributed by atoms with Crippen LogP contribution < -0.4 is 10.6 Å². The van der Waals surface area contributed by atoms with Gasteiger partial charge >= 0.3 is 0 Å². The van der Waals surface area contributed by atoms with Gasteiger partial charge in [-0.25, -0.2) is 4.39 Å². The van der Waals surface area contributed by atoms with Gasteiger partial charge in [0.05, 0.1) is 5.69 Å². The van der Waals surface area contributed by atoms with Crippen molar-refractivity contribution in [2.45, 2.75) is 39.0 Å². The molecule has 0 bridgehead atoms. The van der Waals surface area contributed by atoms with Crippen LogP contribution in [0.2, 0.25) is 0 Å². The predicted octanol–water partition coefficient (Wildman–Crippen LogP) is 4.74. The Balaban J connectivity index is 1.82. The van der Waals surface area contributed by atoms with Crippen molar-refractivity contribution in [1.29, 1.82) is 0 Å². The van der Waals surface area contributed by atoms with Crippen molar-refractivity contribution in [3.05, 3.63) is 88.0 Å². The molecule has 2 aromatic rings. The van der Waals surface area contributed by atoms with Gasteiger partial charge in [0, 0.05) is 34.9 Å². The first-order valence-electron chi connectivity index (χ1n) is 9.83. The molecule has 2 aromatic carbocycles. The Labute approximate surface area is 169 Å². The molecular formula is C24H23FN2O2. The van der Waals surface area contributed by atoms with E-state index in [1.165, 1.54) is 12.1 Å². The number of para-hydroxylation sites is 1. The number of carbonyl (C=O) groups is 2. The molecule has 1 heterocycles. The molecule has 2 N–H and O–H groups in total. The summed E-state index contributed by atoms with van der Waals surface area (Å²) < 4.78 is 14.1. The highest BCUT2D eigenvalue weighted by atomic mass is 19.1. The average molecular weight is 390 g/mol. The maximum Gasteiger partial charge on any atom is 0.254 e. The average Bonchev–Trinajstić information content (AvgIpc) is 2.69. The molecular weight excluding hydrogens is 367 g/mol. The third kappa shape index (κ3) is 3.48. The minimum Gasteiger partial charge on any atom is -0.362 e. The van der Waals surface area contributed by atoms with Crippen LogP contribution in [-0.4, -0.2) is 11.7 Å². The van der Waals surface area contributed by atoms with Crippen LogP contribution in [0.4, 0.5) is 10.1 Å². The number of nitrogens with one attached hydrogen (secondary N) is 2. The number of ketones is 1. The second-order valence-electron chi connectivity index (χ2n) is 7.56. The molecule has 148 valence electrons. The largest absolute Gasteiger partial charge is 0.362 e. The lowest BCUT2D eigenvalue weighted by Crippen LogP contribution is -2.35. The SMILES string of the molecule is CC1=C(C(=O)Nc2ccccc2F)C(c2ccccc2C)C2=C(CCCC2=O)N1. The van der Waals surface area contributed by atoms with Crippen molar-refractivity contribution in [3.8, 4) is 0 Å². The lowest BCUT2D eigenvalue weighted by molar-refractivity contribution is -0.116. The van der Waals surface area contributed by atoms with Crippen LogP contribution in [0, 0.1) is 12.7 Å². The monoisotopic (exact) mass is 390 g/mol. The number of allylic oxidation sites excluding steroid dienone is 3. The van der Waals surface area contributed by atoms with Crippen molar-refractivity contribution in [3.63, 3.8) is 0 Å². The molecule has 1 atom stereocenters. The molecule has 5 heteroatoms. The van der Waals surface area contributed by atoms with Crippen LogP contribution >= 0.6 is 0 Å². The van der Waals surface area contributed by atoms with Gasteiger partial charge in [0.25, 0.3) is 5.91 Å². The third-order valence-electron chi connectivity index (χ3n) is 5.64. The summed E-state index contributed by atoms with van der Waals surface area (Å²) in [5.41, 5.74) is 4.76. The van der Waals surface area contributed by atoms with E-state index in [1.807, 2.05) is 38.1 Å². The van der Waals surface area contributed by atoms with E-state index >= 15 is 0 Å². The second-order valence-corrected chi connectivity index (χ2v) is 7.56. The number of aryl methyl sites for hydroxylation is 1. The summed E-state index contributed by atoms with van der Waals surface area (Å²) in [7, 11) is 0. The highest BCUT2D eigenvalue weighted by molar-refractivity contribution is 6.09. The van der Waals surface area contributed by atoms with Crippen molar-refractivity contribution in [1.82, 2.24) is 5.32 Å². The van der Waals surface area contributed by atoms with E-state index in [9.17, 15) is 14.0 Å². The summed E-state index contributed by atoms with van der Waals surface area (Å²) in [6, 6.07) is 13.9. The summed E-state index contributed by atoms with van der Waals surface area (Å²) in [6.07, 6.45) is 2.06. The first-order valence-corrected chi connectivity index (χ1v) is 9.83. The molecule has 4 rings (SSSR count). The minimum atomic E-state index is -0.496. The van der Waals surface area contributed by atoms with Crippen molar-refractivity contribution < 1.29 is 14.0 Å². The van der Waals surface area contributed by atoms with Gasteiger partial charge in [0.15, 0.2) is 5.78 Å². The topological polar surface area (TPSA) is 58.2 Å². The normalized spacial score (nSPS) is 19.0. The summed E-state index contributed by atoms with van der Waals surface area (Å²) in [5, 5.41) is 5.98. The predicted molar refractivity (Wildman–Crippen MR) is 111 cm³/mol. The lowest BCUT2D eigenvalue weighted by Gasteiger charge is -2.35. The first kappa shape index (κ1) is 19.1. The maximum atomic E-state index is 14.1. The van der Waals surface area contributed by atoms with Gasteiger partial charge in [-0.1, -0.05) is 36.4 Å². The second kappa shape index (κ2) is 7.66. The van der Waals surface area contributed by atoms with Gasteiger partial charge in [0.2, 0.25) is 0 Å². The Hall–Kier alpha value is -3.21. The van der Waals surface area contributed by atoms with Crippen LogP contribution in [0.5, 0.6) is 0 Å². The van der Waals surface area contributed by atoms with Gasteiger partial charge in [-0.15, -0.1) is 0 Å². The molecule has 0 saturated heterocycles. The minimum absolute atomic E-state index is 0.0655. The standard InChI is InChI=1S/C24H23FN2O2/c1-14-8-3-4-9-16(14)22-21(24(29)27-18-11-6-5-10-17(18)25)15(2)26-19-12-7-13-20(28)23(19)22/h3-6,8-11,22,26H,7,12-13H2,1-2H3,(H,27,29). The molecule has 29 heavy (non-hydrogen) atoms. The summed E-state index contributed by atoms with van der Waals surface area (Å²) in [4.78, 5) is 26.2. The summed E-state index contributed by atoms with van der Waals surface area (Å²) in [5.74, 6) is -1.30. The number of amides is 1. The van der Waals surface area contributed by atoms with E-state index in [0.717, 1.165) is 29.7 Å². The van der Waals surface area contributed by atoms with E-state index in [1.54, 1.807) is 12.1 Å². The van der Waals surface area contributed by atoms with Crippen molar-refractivity contribution >= 4 is 17.4 Å². The van der Waals surface area contributed by atoms with Gasteiger partial charge in [-0.2, -0.15) is 0 Å². The molecule has 0 spiro atoms. The van der Waals surface area contributed by atoms with Gasteiger partial charge in [-0.3, -0.25) is 9.59 Å². The zero-order chi connectivity index (χ0) is 20.5. The van der Waals surface area contributed by atoms with E-state index < -0.39 is 17.6 Å². The Morgan fingerprint density at radius 3 is 2.55 bits per heavy atom. The van der Waals surface area contributed by atoms with E-state index in [0.29, 0.717) is 23.3 Å². The molecule has 1 aliphatic heterocycles. The lowest BCUT2D eigenvalue weighted by atomic mass is 9.74. The van der Waals surface area contributed by atoms with Crippen LogP contribution in [0.25, 0.3) is 0 Å². The fourth-order valence-corrected chi connectivity index (χ4v) is 4.26. The third-order valence-corrected chi connectivity index (χ3v) is 5.64. The first-order chi connectivity index (χ1) is 14.0. The quantitative estimate of drug-likeness (QED) is 0.796.